The Kier molecular flexibility index (Phi) is 5.78. The predicted molar refractivity (Wildman–Crippen MR) is 114 cm³/mol. The molecule has 0 saturated carbocycles. The van der Waals surface area contributed by atoms with Gasteiger partial charge >= 0.3 is 0 Å². The highest BCUT2D eigenvalue weighted by Gasteiger charge is 2.42. The summed E-state index contributed by atoms with van der Waals surface area (Å²) in [5.41, 5.74) is 0.779. The third-order valence-electron chi connectivity index (χ3n) is 5.35. The number of carbonyl (C=O) groups is 1. The molecule has 0 bridgehead atoms. The molecule has 2 heterocycles. The summed E-state index contributed by atoms with van der Waals surface area (Å²) in [5.74, 6) is -0.219. The SMILES string of the molecule is COc1ccc([C@@H]2c3c(oc4ccc(F)cc4c3=O)C(=O)N2CCCOC(C)C)cc1. The average molecular weight is 425 g/mol. The van der Waals surface area contributed by atoms with Crippen molar-refractivity contribution in [1.29, 1.82) is 0 Å². The Morgan fingerprint density at radius 2 is 1.87 bits per heavy atom. The van der Waals surface area contributed by atoms with Crippen molar-refractivity contribution in [3.8, 4) is 5.75 Å². The minimum atomic E-state index is -0.628. The Labute approximate surface area is 179 Å². The van der Waals surface area contributed by atoms with Crippen LogP contribution in [0, 0.1) is 5.82 Å². The van der Waals surface area contributed by atoms with Gasteiger partial charge in [0.05, 0.1) is 30.2 Å². The number of benzene rings is 2. The van der Waals surface area contributed by atoms with E-state index >= 15 is 0 Å². The van der Waals surface area contributed by atoms with Crippen LogP contribution in [0.4, 0.5) is 4.39 Å². The topological polar surface area (TPSA) is 69.0 Å². The van der Waals surface area contributed by atoms with Gasteiger partial charge in [0.25, 0.3) is 5.91 Å². The number of nitrogens with zero attached hydrogens (tertiary/aromatic N) is 1. The van der Waals surface area contributed by atoms with E-state index < -0.39 is 17.3 Å². The Balaban J connectivity index is 1.81. The highest BCUT2D eigenvalue weighted by molar-refractivity contribution is 5.99. The molecule has 7 heteroatoms. The molecule has 4 rings (SSSR count). The number of ether oxygens (including phenoxy) is 2. The predicted octanol–water partition coefficient (Wildman–Crippen LogP) is 4.30. The van der Waals surface area contributed by atoms with Gasteiger partial charge in [0.1, 0.15) is 17.1 Å². The number of amides is 1. The second-order valence-corrected chi connectivity index (χ2v) is 7.76. The highest BCUT2D eigenvalue weighted by atomic mass is 19.1. The van der Waals surface area contributed by atoms with E-state index in [0.29, 0.717) is 25.3 Å². The fraction of sp³-hybridized carbons (Fsp3) is 0.333. The first-order chi connectivity index (χ1) is 14.9. The lowest BCUT2D eigenvalue weighted by Crippen LogP contribution is -2.31. The number of hydrogen-bond donors (Lipinski definition) is 0. The van der Waals surface area contributed by atoms with Gasteiger partial charge in [-0.25, -0.2) is 4.39 Å². The van der Waals surface area contributed by atoms with Crippen LogP contribution in [-0.4, -0.2) is 37.2 Å². The summed E-state index contributed by atoms with van der Waals surface area (Å²) in [5, 5.41) is 0.120. The van der Waals surface area contributed by atoms with E-state index in [1.54, 1.807) is 24.1 Å². The Bertz CT molecular complexity index is 1170. The van der Waals surface area contributed by atoms with Crippen molar-refractivity contribution in [2.75, 3.05) is 20.3 Å². The fourth-order valence-corrected chi connectivity index (χ4v) is 3.91. The van der Waals surface area contributed by atoms with Crippen LogP contribution in [0.5, 0.6) is 5.75 Å². The number of methoxy groups -OCH3 is 1. The van der Waals surface area contributed by atoms with Gasteiger partial charge in [0.15, 0.2) is 5.43 Å². The summed E-state index contributed by atoms with van der Waals surface area (Å²) < 4.78 is 30.5. The maximum absolute atomic E-state index is 13.8. The number of halogens is 1. The van der Waals surface area contributed by atoms with Crippen LogP contribution in [0.3, 0.4) is 0 Å². The number of rotatable bonds is 7. The molecule has 1 atom stereocenters. The van der Waals surface area contributed by atoms with E-state index in [-0.39, 0.29) is 34.3 Å². The summed E-state index contributed by atoms with van der Waals surface area (Å²) in [6.07, 6.45) is 0.694. The van der Waals surface area contributed by atoms with Crippen LogP contribution in [0.2, 0.25) is 0 Å². The maximum Gasteiger partial charge on any atom is 0.290 e. The molecule has 0 N–H and O–H groups in total. The monoisotopic (exact) mass is 425 g/mol. The molecule has 0 saturated heterocycles. The lowest BCUT2D eigenvalue weighted by Gasteiger charge is -2.25. The van der Waals surface area contributed by atoms with Crippen LogP contribution in [0.1, 0.15) is 48.0 Å². The van der Waals surface area contributed by atoms with Crippen molar-refractivity contribution in [3.63, 3.8) is 0 Å². The smallest absolute Gasteiger partial charge is 0.290 e. The molecule has 0 unspecified atom stereocenters. The van der Waals surface area contributed by atoms with Crippen molar-refractivity contribution in [3.05, 3.63) is 75.4 Å². The lowest BCUT2D eigenvalue weighted by atomic mass is 9.98. The third kappa shape index (κ3) is 3.93. The van der Waals surface area contributed by atoms with E-state index in [0.717, 1.165) is 11.6 Å². The van der Waals surface area contributed by atoms with Gasteiger partial charge in [-0.05, 0) is 56.2 Å². The summed E-state index contributed by atoms with van der Waals surface area (Å²) in [6, 6.07) is 10.3. The molecule has 0 radical (unpaired) electrons. The van der Waals surface area contributed by atoms with Crippen molar-refractivity contribution >= 4 is 16.9 Å². The molecule has 1 aliphatic heterocycles. The van der Waals surface area contributed by atoms with E-state index in [1.165, 1.54) is 12.1 Å². The Morgan fingerprint density at radius 1 is 1.13 bits per heavy atom. The van der Waals surface area contributed by atoms with Gasteiger partial charge in [-0.3, -0.25) is 9.59 Å². The maximum atomic E-state index is 13.8. The fourth-order valence-electron chi connectivity index (χ4n) is 3.91. The molecule has 6 nitrogen and oxygen atoms in total. The largest absolute Gasteiger partial charge is 0.497 e. The average Bonchev–Trinajstić information content (AvgIpc) is 3.04. The molecule has 3 aromatic rings. The number of hydrogen-bond acceptors (Lipinski definition) is 5. The first-order valence-electron chi connectivity index (χ1n) is 10.2. The molecule has 2 aromatic carbocycles. The standard InChI is InChI=1S/C24H24FNO5/c1-14(2)30-12-4-11-26-21(15-5-8-17(29-3)9-6-15)20-22(27)18-13-16(25)7-10-19(18)31-23(20)24(26)28/h5-10,13-14,21H,4,11-12H2,1-3H3/t21-/m1/s1. The van der Waals surface area contributed by atoms with Crippen molar-refractivity contribution < 1.29 is 23.1 Å². The zero-order valence-corrected chi connectivity index (χ0v) is 17.7. The van der Waals surface area contributed by atoms with Gasteiger partial charge in [-0.2, -0.15) is 0 Å². The minimum Gasteiger partial charge on any atom is -0.497 e. The highest BCUT2D eigenvalue weighted by Crippen LogP contribution is 2.38. The van der Waals surface area contributed by atoms with Crippen molar-refractivity contribution in [2.24, 2.45) is 0 Å². The van der Waals surface area contributed by atoms with E-state index in [1.807, 2.05) is 26.0 Å². The molecule has 1 amide bonds. The molecular weight excluding hydrogens is 401 g/mol. The second kappa shape index (κ2) is 8.51. The van der Waals surface area contributed by atoms with Gasteiger partial charge in [0, 0.05) is 13.2 Å². The quantitative estimate of drug-likeness (QED) is 0.528. The van der Waals surface area contributed by atoms with E-state index in [4.69, 9.17) is 13.9 Å². The van der Waals surface area contributed by atoms with Gasteiger partial charge < -0.3 is 18.8 Å². The Hall–Kier alpha value is -3.19. The zero-order chi connectivity index (χ0) is 22.1. The molecule has 0 spiro atoms. The molecule has 0 fully saturated rings. The molecular formula is C24H24FNO5. The minimum absolute atomic E-state index is 0.00899. The summed E-state index contributed by atoms with van der Waals surface area (Å²) in [7, 11) is 1.57. The zero-order valence-electron chi connectivity index (χ0n) is 17.7. The summed E-state index contributed by atoms with van der Waals surface area (Å²) in [6.45, 7) is 4.77. The first kappa shape index (κ1) is 21.1. The lowest BCUT2D eigenvalue weighted by molar-refractivity contribution is 0.0593. The van der Waals surface area contributed by atoms with Crippen molar-refractivity contribution in [2.45, 2.75) is 32.4 Å². The van der Waals surface area contributed by atoms with Crippen LogP contribution >= 0.6 is 0 Å². The normalized spacial score (nSPS) is 15.7. The molecule has 1 aliphatic rings. The van der Waals surface area contributed by atoms with Crippen LogP contribution in [0.25, 0.3) is 11.0 Å². The summed E-state index contributed by atoms with van der Waals surface area (Å²) >= 11 is 0. The van der Waals surface area contributed by atoms with Crippen LogP contribution in [0.15, 0.2) is 51.7 Å². The number of carbonyl (C=O) groups excluding carboxylic acids is 1. The van der Waals surface area contributed by atoms with Crippen LogP contribution in [-0.2, 0) is 4.74 Å². The Morgan fingerprint density at radius 3 is 2.55 bits per heavy atom. The molecule has 0 aliphatic carbocycles. The van der Waals surface area contributed by atoms with Gasteiger partial charge in [-0.1, -0.05) is 12.1 Å². The van der Waals surface area contributed by atoms with E-state index in [9.17, 15) is 14.0 Å². The molecule has 1 aromatic heterocycles. The van der Waals surface area contributed by atoms with Gasteiger partial charge in [0.2, 0.25) is 5.76 Å². The second-order valence-electron chi connectivity index (χ2n) is 7.76. The van der Waals surface area contributed by atoms with Crippen LogP contribution < -0.4 is 10.2 Å². The third-order valence-corrected chi connectivity index (χ3v) is 5.35. The van der Waals surface area contributed by atoms with Crippen molar-refractivity contribution in [1.82, 2.24) is 4.90 Å². The number of fused-ring (bicyclic) bond motifs is 2. The molecule has 31 heavy (non-hydrogen) atoms. The van der Waals surface area contributed by atoms with E-state index in [2.05, 4.69) is 0 Å². The first-order valence-corrected chi connectivity index (χ1v) is 10.2. The van der Waals surface area contributed by atoms with Gasteiger partial charge in [-0.15, -0.1) is 0 Å². The molecule has 162 valence electrons. The summed E-state index contributed by atoms with van der Waals surface area (Å²) in [4.78, 5) is 28.2.